The predicted molar refractivity (Wildman–Crippen MR) is 77.6 cm³/mol. The highest BCUT2D eigenvalue weighted by atomic mass is 35.5. The molecule has 2 aromatic carbocycles. The van der Waals surface area contributed by atoms with E-state index in [0.29, 0.717) is 26.9 Å². The van der Waals surface area contributed by atoms with Crippen molar-refractivity contribution in [3.63, 3.8) is 0 Å². The molecule has 0 aromatic heterocycles. The Morgan fingerprint density at radius 3 is 2.47 bits per heavy atom. The zero-order chi connectivity index (χ0) is 14.0. The number of methoxy groups -OCH3 is 1. The molecule has 0 N–H and O–H groups in total. The van der Waals surface area contributed by atoms with Crippen LogP contribution in [0.15, 0.2) is 36.4 Å². The standard InChI is InChI=1S/C15H12Cl2O2/c1-9-3-6-14(19-2)12(7-9)15(18)11-8-10(16)4-5-13(11)17/h3-8H,1-2H3. The molecule has 98 valence electrons. The molecule has 2 aromatic rings. The fraction of sp³-hybridized carbons (Fsp3) is 0.133. The molecule has 0 spiro atoms. The second-order valence-corrected chi connectivity index (χ2v) is 5.00. The lowest BCUT2D eigenvalue weighted by atomic mass is 10.0. The molecule has 2 rings (SSSR count). The van der Waals surface area contributed by atoms with Crippen LogP contribution in [0.1, 0.15) is 21.5 Å². The SMILES string of the molecule is COc1ccc(C)cc1C(=O)c1cc(Cl)ccc1Cl. The quantitative estimate of drug-likeness (QED) is 0.777. The summed E-state index contributed by atoms with van der Waals surface area (Å²) in [6.45, 7) is 1.91. The molecule has 0 bridgehead atoms. The molecule has 0 saturated heterocycles. The maximum absolute atomic E-state index is 12.5. The largest absolute Gasteiger partial charge is 0.496 e. The van der Waals surface area contributed by atoms with Gasteiger partial charge in [-0.25, -0.2) is 0 Å². The third kappa shape index (κ3) is 2.91. The smallest absolute Gasteiger partial charge is 0.198 e. The van der Waals surface area contributed by atoms with E-state index in [9.17, 15) is 4.79 Å². The summed E-state index contributed by atoms with van der Waals surface area (Å²) in [6.07, 6.45) is 0. The van der Waals surface area contributed by atoms with Crippen LogP contribution in [0.2, 0.25) is 10.0 Å². The molecule has 0 aliphatic heterocycles. The molecule has 0 heterocycles. The maximum atomic E-state index is 12.5. The summed E-state index contributed by atoms with van der Waals surface area (Å²) in [5.41, 5.74) is 1.83. The highest BCUT2D eigenvalue weighted by Gasteiger charge is 2.17. The van der Waals surface area contributed by atoms with Crippen LogP contribution in [0.5, 0.6) is 5.75 Å². The number of ether oxygens (including phenoxy) is 1. The summed E-state index contributed by atoms with van der Waals surface area (Å²) >= 11 is 12.0. The highest BCUT2D eigenvalue weighted by molar-refractivity contribution is 6.36. The van der Waals surface area contributed by atoms with Crippen LogP contribution < -0.4 is 4.74 Å². The lowest BCUT2D eigenvalue weighted by Crippen LogP contribution is -2.05. The Kier molecular flexibility index (Phi) is 4.13. The van der Waals surface area contributed by atoms with Crippen molar-refractivity contribution >= 4 is 29.0 Å². The summed E-state index contributed by atoms with van der Waals surface area (Å²) in [5.74, 6) is 0.319. The van der Waals surface area contributed by atoms with Gasteiger partial charge in [-0.15, -0.1) is 0 Å². The van der Waals surface area contributed by atoms with E-state index < -0.39 is 0 Å². The van der Waals surface area contributed by atoms with E-state index in [-0.39, 0.29) is 5.78 Å². The number of halogens is 2. The van der Waals surface area contributed by atoms with Gasteiger partial charge in [0, 0.05) is 10.6 Å². The molecule has 4 heteroatoms. The van der Waals surface area contributed by atoms with Gasteiger partial charge in [0.2, 0.25) is 0 Å². The number of hydrogen-bond acceptors (Lipinski definition) is 2. The Morgan fingerprint density at radius 1 is 1.05 bits per heavy atom. The number of carbonyl (C=O) groups excluding carboxylic acids is 1. The Labute approximate surface area is 121 Å². The molecule has 0 unspecified atom stereocenters. The Hall–Kier alpha value is -1.51. The van der Waals surface area contributed by atoms with Gasteiger partial charge in [-0.1, -0.05) is 34.8 Å². The zero-order valence-corrected chi connectivity index (χ0v) is 12.0. The topological polar surface area (TPSA) is 26.3 Å². The minimum Gasteiger partial charge on any atom is -0.496 e. The van der Waals surface area contributed by atoms with E-state index in [1.807, 2.05) is 13.0 Å². The highest BCUT2D eigenvalue weighted by Crippen LogP contribution is 2.28. The van der Waals surface area contributed by atoms with Crippen molar-refractivity contribution in [1.82, 2.24) is 0 Å². The molecule has 0 aliphatic rings. The third-order valence-corrected chi connectivity index (χ3v) is 3.34. The predicted octanol–water partition coefficient (Wildman–Crippen LogP) is 4.54. The van der Waals surface area contributed by atoms with Gasteiger partial charge >= 0.3 is 0 Å². The van der Waals surface area contributed by atoms with E-state index >= 15 is 0 Å². The van der Waals surface area contributed by atoms with Crippen LogP contribution in [0, 0.1) is 6.92 Å². The van der Waals surface area contributed by atoms with Crippen LogP contribution in [-0.2, 0) is 0 Å². The van der Waals surface area contributed by atoms with Gasteiger partial charge in [0.1, 0.15) is 5.75 Å². The van der Waals surface area contributed by atoms with Gasteiger partial charge in [-0.2, -0.15) is 0 Å². The molecule has 19 heavy (non-hydrogen) atoms. The number of aryl methyl sites for hydroxylation is 1. The molecule has 2 nitrogen and oxygen atoms in total. The fourth-order valence-corrected chi connectivity index (χ4v) is 2.19. The summed E-state index contributed by atoms with van der Waals surface area (Å²) in [7, 11) is 1.53. The van der Waals surface area contributed by atoms with Crippen LogP contribution in [-0.4, -0.2) is 12.9 Å². The Balaban J connectivity index is 2.55. The van der Waals surface area contributed by atoms with E-state index in [0.717, 1.165) is 5.56 Å². The summed E-state index contributed by atoms with van der Waals surface area (Å²) in [6, 6.07) is 10.2. The molecule has 0 radical (unpaired) electrons. The number of benzene rings is 2. The number of ketones is 1. The molecular formula is C15H12Cl2O2. The second-order valence-electron chi connectivity index (χ2n) is 4.16. The Morgan fingerprint density at radius 2 is 1.79 bits per heavy atom. The van der Waals surface area contributed by atoms with Crippen molar-refractivity contribution in [1.29, 1.82) is 0 Å². The first-order valence-corrected chi connectivity index (χ1v) is 6.43. The third-order valence-electron chi connectivity index (χ3n) is 2.77. The normalized spacial score (nSPS) is 10.3. The molecule has 0 saturated carbocycles. The maximum Gasteiger partial charge on any atom is 0.198 e. The van der Waals surface area contributed by atoms with Crippen molar-refractivity contribution in [3.05, 3.63) is 63.1 Å². The molecule has 0 fully saturated rings. The van der Waals surface area contributed by atoms with Crippen LogP contribution in [0.25, 0.3) is 0 Å². The Bertz CT molecular complexity index is 636. The van der Waals surface area contributed by atoms with Crippen molar-refractivity contribution in [3.8, 4) is 5.75 Å². The van der Waals surface area contributed by atoms with E-state index in [1.165, 1.54) is 7.11 Å². The number of rotatable bonds is 3. The lowest BCUT2D eigenvalue weighted by molar-refractivity contribution is 0.103. The fourth-order valence-electron chi connectivity index (χ4n) is 1.82. The van der Waals surface area contributed by atoms with Gasteiger partial charge in [-0.3, -0.25) is 4.79 Å². The average molecular weight is 295 g/mol. The molecular weight excluding hydrogens is 283 g/mol. The molecule has 0 atom stereocenters. The molecule has 0 aliphatic carbocycles. The van der Waals surface area contributed by atoms with Crippen LogP contribution in [0.3, 0.4) is 0 Å². The van der Waals surface area contributed by atoms with Gasteiger partial charge in [0.05, 0.1) is 17.7 Å². The first kappa shape index (κ1) is 13.9. The van der Waals surface area contributed by atoms with Gasteiger partial charge in [0.25, 0.3) is 0 Å². The summed E-state index contributed by atoms with van der Waals surface area (Å²) < 4.78 is 5.22. The van der Waals surface area contributed by atoms with E-state index in [2.05, 4.69) is 0 Å². The summed E-state index contributed by atoms with van der Waals surface area (Å²) in [5, 5.41) is 0.845. The minimum absolute atomic E-state index is 0.201. The average Bonchev–Trinajstić information content (AvgIpc) is 2.40. The van der Waals surface area contributed by atoms with E-state index in [1.54, 1.807) is 30.3 Å². The molecule has 0 amide bonds. The lowest BCUT2D eigenvalue weighted by Gasteiger charge is -2.10. The van der Waals surface area contributed by atoms with Crippen LogP contribution in [0.4, 0.5) is 0 Å². The van der Waals surface area contributed by atoms with Crippen molar-refractivity contribution in [2.24, 2.45) is 0 Å². The first-order valence-electron chi connectivity index (χ1n) is 5.67. The van der Waals surface area contributed by atoms with Gasteiger partial charge in [-0.05, 0) is 37.3 Å². The van der Waals surface area contributed by atoms with E-state index in [4.69, 9.17) is 27.9 Å². The first-order chi connectivity index (χ1) is 9.02. The monoisotopic (exact) mass is 294 g/mol. The summed E-state index contributed by atoms with van der Waals surface area (Å²) in [4.78, 5) is 12.5. The van der Waals surface area contributed by atoms with Gasteiger partial charge < -0.3 is 4.74 Å². The van der Waals surface area contributed by atoms with Crippen LogP contribution >= 0.6 is 23.2 Å². The van der Waals surface area contributed by atoms with Crippen molar-refractivity contribution in [2.45, 2.75) is 6.92 Å². The zero-order valence-electron chi connectivity index (χ0n) is 10.5. The second kappa shape index (κ2) is 5.64. The van der Waals surface area contributed by atoms with Gasteiger partial charge in [0.15, 0.2) is 5.78 Å². The number of hydrogen-bond donors (Lipinski definition) is 0. The minimum atomic E-state index is -0.201. The number of carbonyl (C=O) groups is 1. The van der Waals surface area contributed by atoms with Crippen molar-refractivity contribution < 1.29 is 9.53 Å². The van der Waals surface area contributed by atoms with Crippen molar-refractivity contribution in [2.75, 3.05) is 7.11 Å².